The van der Waals surface area contributed by atoms with E-state index >= 15 is 0 Å². The number of aliphatic hydroxyl groups is 1. The van der Waals surface area contributed by atoms with Crippen LogP contribution in [0.1, 0.15) is 25.3 Å². The van der Waals surface area contributed by atoms with Crippen LogP contribution in [-0.2, 0) is 6.42 Å². The molecule has 0 saturated carbocycles. The Labute approximate surface area is 103 Å². The quantitative estimate of drug-likeness (QED) is 0.817. The molecule has 0 radical (unpaired) electrons. The van der Waals surface area contributed by atoms with Gasteiger partial charge in [0.1, 0.15) is 11.9 Å². The Morgan fingerprint density at radius 1 is 1.47 bits per heavy atom. The molecular weight excluding hydrogens is 214 g/mol. The molecule has 17 heavy (non-hydrogen) atoms. The van der Waals surface area contributed by atoms with Crippen molar-refractivity contribution in [3.63, 3.8) is 0 Å². The van der Waals surface area contributed by atoms with Crippen molar-refractivity contribution in [2.24, 2.45) is 11.1 Å². The molecule has 0 aromatic heterocycles. The van der Waals surface area contributed by atoms with Gasteiger partial charge in [-0.2, -0.15) is 0 Å². The monoisotopic (exact) mass is 235 g/mol. The molecule has 3 nitrogen and oxygen atoms in total. The second-order valence-corrected chi connectivity index (χ2v) is 4.97. The van der Waals surface area contributed by atoms with Crippen LogP contribution in [0.2, 0.25) is 0 Å². The molecular formula is C14H21NO2. The summed E-state index contributed by atoms with van der Waals surface area (Å²) in [5, 5.41) is 9.52. The highest BCUT2D eigenvalue weighted by Gasteiger charge is 2.33. The number of hydrogen-bond acceptors (Lipinski definition) is 3. The van der Waals surface area contributed by atoms with Crippen LogP contribution in [-0.4, -0.2) is 24.4 Å². The van der Waals surface area contributed by atoms with E-state index in [9.17, 15) is 5.11 Å². The molecule has 1 aliphatic heterocycles. The van der Waals surface area contributed by atoms with Gasteiger partial charge in [-0.1, -0.05) is 25.1 Å². The summed E-state index contributed by atoms with van der Waals surface area (Å²) in [5.74, 6) is 0.984. The zero-order valence-corrected chi connectivity index (χ0v) is 10.4. The summed E-state index contributed by atoms with van der Waals surface area (Å²) in [4.78, 5) is 0. The molecule has 0 saturated heterocycles. The lowest BCUT2D eigenvalue weighted by atomic mass is 9.80. The number of nitrogens with two attached hydrogens (primary N) is 1. The Morgan fingerprint density at radius 3 is 2.82 bits per heavy atom. The number of aliphatic hydroxyl groups excluding tert-OH is 1. The molecule has 1 aromatic rings. The van der Waals surface area contributed by atoms with Crippen LogP contribution < -0.4 is 10.5 Å². The minimum absolute atomic E-state index is 0.135. The first-order chi connectivity index (χ1) is 8.23. The number of fused-ring (bicyclic) bond motifs is 1. The van der Waals surface area contributed by atoms with Gasteiger partial charge in [0.05, 0.1) is 6.61 Å². The highest BCUT2D eigenvalue weighted by molar-refractivity contribution is 5.37. The number of benzene rings is 1. The average Bonchev–Trinajstić information content (AvgIpc) is 2.78. The van der Waals surface area contributed by atoms with E-state index in [2.05, 4.69) is 13.0 Å². The maximum Gasteiger partial charge on any atom is 0.123 e. The van der Waals surface area contributed by atoms with Crippen LogP contribution in [0.3, 0.4) is 0 Å². The number of rotatable bonds is 5. The van der Waals surface area contributed by atoms with E-state index in [1.165, 1.54) is 5.56 Å². The van der Waals surface area contributed by atoms with Crippen LogP contribution in [0, 0.1) is 5.41 Å². The molecule has 0 spiro atoms. The van der Waals surface area contributed by atoms with Crippen molar-refractivity contribution >= 4 is 0 Å². The Bertz CT molecular complexity index is 341. The summed E-state index contributed by atoms with van der Waals surface area (Å²) < 4.78 is 5.90. The lowest BCUT2D eigenvalue weighted by Crippen LogP contribution is -2.38. The molecule has 3 N–H and O–H groups in total. The Balaban J connectivity index is 2.04. The smallest absolute Gasteiger partial charge is 0.123 e. The molecule has 0 bridgehead atoms. The van der Waals surface area contributed by atoms with Crippen LogP contribution in [0.15, 0.2) is 24.3 Å². The van der Waals surface area contributed by atoms with Gasteiger partial charge in [0.25, 0.3) is 0 Å². The van der Waals surface area contributed by atoms with Gasteiger partial charge < -0.3 is 15.6 Å². The maximum atomic E-state index is 9.52. The molecule has 1 aliphatic rings. The molecule has 0 fully saturated rings. The van der Waals surface area contributed by atoms with Crippen LogP contribution >= 0.6 is 0 Å². The van der Waals surface area contributed by atoms with Crippen molar-refractivity contribution in [3.05, 3.63) is 29.8 Å². The van der Waals surface area contributed by atoms with Crippen molar-refractivity contribution < 1.29 is 9.84 Å². The van der Waals surface area contributed by atoms with E-state index in [0.717, 1.165) is 25.0 Å². The fourth-order valence-corrected chi connectivity index (χ4v) is 2.46. The second kappa shape index (κ2) is 5.07. The summed E-state index contributed by atoms with van der Waals surface area (Å²) in [6.07, 6.45) is 2.79. The summed E-state index contributed by atoms with van der Waals surface area (Å²) in [6.45, 7) is 2.72. The summed E-state index contributed by atoms with van der Waals surface area (Å²) in [7, 11) is 0. The molecule has 2 atom stereocenters. The summed E-state index contributed by atoms with van der Waals surface area (Å²) >= 11 is 0. The van der Waals surface area contributed by atoms with Crippen LogP contribution in [0.5, 0.6) is 5.75 Å². The third-order valence-electron chi connectivity index (χ3n) is 3.89. The fraction of sp³-hybridized carbons (Fsp3) is 0.571. The van der Waals surface area contributed by atoms with Gasteiger partial charge in [-0.15, -0.1) is 0 Å². The van der Waals surface area contributed by atoms with Gasteiger partial charge in [0.2, 0.25) is 0 Å². The van der Waals surface area contributed by atoms with Gasteiger partial charge in [-0.05, 0) is 24.5 Å². The van der Waals surface area contributed by atoms with E-state index in [-0.39, 0.29) is 18.1 Å². The van der Waals surface area contributed by atoms with Crippen molar-refractivity contribution in [1.82, 2.24) is 0 Å². The molecule has 2 unspecified atom stereocenters. The molecule has 0 aliphatic carbocycles. The molecule has 1 aromatic carbocycles. The average molecular weight is 235 g/mol. The van der Waals surface area contributed by atoms with Gasteiger partial charge in [-0.25, -0.2) is 0 Å². The van der Waals surface area contributed by atoms with Gasteiger partial charge in [-0.3, -0.25) is 0 Å². The Kier molecular flexibility index (Phi) is 3.69. The van der Waals surface area contributed by atoms with E-state index in [0.29, 0.717) is 6.54 Å². The first kappa shape index (κ1) is 12.4. The third kappa shape index (κ3) is 2.45. The standard InChI is InChI=1S/C14H21NO2/c1-2-14(9-15,10-16)8-12-7-11-5-3-4-6-13(11)17-12/h3-6,12,16H,2,7-10,15H2,1H3. The van der Waals surface area contributed by atoms with E-state index in [1.54, 1.807) is 0 Å². The van der Waals surface area contributed by atoms with Crippen molar-refractivity contribution in [2.75, 3.05) is 13.2 Å². The number of ether oxygens (including phenoxy) is 1. The lowest BCUT2D eigenvalue weighted by molar-refractivity contribution is 0.0713. The van der Waals surface area contributed by atoms with Crippen molar-refractivity contribution in [1.29, 1.82) is 0 Å². The largest absolute Gasteiger partial charge is 0.490 e. The minimum atomic E-state index is -0.188. The van der Waals surface area contributed by atoms with Crippen molar-refractivity contribution in [3.8, 4) is 5.75 Å². The second-order valence-electron chi connectivity index (χ2n) is 4.97. The zero-order valence-electron chi connectivity index (χ0n) is 10.4. The third-order valence-corrected chi connectivity index (χ3v) is 3.89. The van der Waals surface area contributed by atoms with Gasteiger partial charge in [0, 0.05) is 18.4 Å². The molecule has 1 heterocycles. The summed E-state index contributed by atoms with van der Waals surface area (Å²) in [6, 6.07) is 8.13. The Morgan fingerprint density at radius 2 is 2.24 bits per heavy atom. The number of hydrogen-bond donors (Lipinski definition) is 2. The highest BCUT2D eigenvalue weighted by atomic mass is 16.5. The van der Waals surface area contributed by atoms with Gasteiger partial charge in [0.15, 0.2) is 0 Å². The fourth-order valence-electron chi connectivity index (χ4n) is 2.46. The first-order valence-corrected chi connectivity index (χ1v) is 6.28. The Hall–Kier alpha value is -1.06. The normalized spacial score (nSPS) is 21.7. The maximum absolute atomic E-state index is 9.52. The highest BCUT2D eigenvalue weighted by Crippen LogP contribution is 2.35. The van der Waals surface area contributed by atoms with E-state index in [1.807, 2.05) is 18.2 Å². The first-order valence-electron chi connectivity index (χ1n) is 6.28. The predicted octanol–water partition coefficient (Wildman–Crippen LogP) is 1.73. The van der Waals surface area contributed by atoms with E-state index in [4.69, 9.17) is 10.5 Å². The molecule has 94 valence electrons. The summed E-state index contributed by atoms with van der Waals surface area (Å²) in [5.41, 5.74) is 6.87. The molecule has 0 amide bonds. The van der Waals surface area contributed by atoms with Gasteiger partial charge >= 0.3 is 0 Å². The zero-order chi connectivity index (χ0) is 12.3. The van der Waals surface area contributed by atoms with Crippen LogP contribution in [0.25, 0.3) is 0 Å². The SMILES string of the molecule is CCC(CN)(CO)CC1Cc2ccccc2O1. The lowest BCUT2D eigenvalue weighted by Gasteiger charge is -2.31. The topological polar surface area (TPSA) is 55.5 Å². The predicted molar refractivity (Wildman–Crippen MR) is 68.0 cm³/mol. The number of para-hydroxylation sites is 1. The van der Waals surface area contributed by atoms with Crippen LogP contribution in [0.4, 0.5) is 0 Å². The molecule has 3 heteroatoms. The minimum Gasteiger partial charge on any atom is -0.490 e. The van der Waals surface area contributed by atoms with E-state index < -0.39 is 0 Å². The molecule has 2 rings (SSSR count). The van der Waals surface area contributed by atoms with Crippen molar-refractivity contribution in [2.45, 2.75) is 32.3 Å².